The Hall–Kier alpha value is -1.43. The molecular weight excluding hydrogens is 268 g/mol. The summed E-state index contributed by atoms with van der Waals surface area (Å²) in [5.41, 5.74) is 0. The molecule has 1 amide bonds. The number of aromatic nitrogens is 2. The molecule has 1 unspecified atom stereocenters. The van der Waals surface area contributed by atoms with Crippen molar-refractivity contribution in [1.82, 2.24) is 20.4 Å². The second-order valence-corrected chi connectivity index (χ2v) is 6.41. The summed E-state index contributed by atoms with van der Waals surface area (Å²) < 4.78 is 5.30. The first kappa shape index (κ1) is 15.9. The van der Waals surface area contributed by atoms with E-state index >= 15 is 0 Å². The Morgan fingerprint density at radius 3 is 2.71 bits per heavy atom. The molecule has 1 aromatic rings. The van der Waals surface area contributed by atoms with Gasteiger partial charge in [-0.1, -0.05) is 25.4 Å². The van der Waals surface area contributed by atoms with Gasteiger partial charge in [0, 0.05) is 12.5 Å². The molecule has 0 saturated heterocycles. The van der Waals surface area contributed by atoms with Crippen molar-refractivity contribution in [2.45, 2.75) is 58.5 Å². The molecule has 0 spiro atoms. The number of amides is 1. The lowest BCUT2D eigenvalue weighted by Gasteiger charge is -2.23. The van der Waals surface area contributed by atoms with E-state index in [9.17, 15) is 4.79 Å². The molecule has 21 heavy (non-hydrogen) atoms. The molecule has 0 aromatic carbocycles. The van der Waals surface area contributed by atoms with Crippen molar-refractivity contribution in [2.75, 3.05) is 13.6 Å². The Kier molecular flexibility index (Phi) is 5.33. The number of likely N-dealkylation sites (N-methyl/N-ethyl adjacent to an activating group) is 1. The molecule has 1 fully saturated rings. The molecule has 2 rings (SSSR count). The summed E-state index contributed by atoms with van der Waals surface area (Å²) >= 11 is 0. The van der Waals surface area contributed by atoms with Crippen LogP contribution in [0.15, 0.2) is 4.52 Å². The van der Waals surface area contributed by atoms with Gasteiger partial charge >= 0.3 is 0 Å². The van der Waals surface area contributed by atoms with Crippen molar-refractivity contribution >= 4 is 5.91 Å². The van der Waals surface area contributed by atoms with Crippen molar-refractivity contribution in [3.8, 4) is 0 Å². The van der Waals surface area contributed by atoms with Crippen LogP contribution in [0, 0.1) is 5.92 Å². The Labute approximate surface area is 126 Å². The van der Waals surface area contributed by atoms with E-state index in [0.29, 0.717) is 30.7 Å². The minimum atomic E-state index is -0.214. The minimum Gasteiger partial charge on any atom is -0.354 e. The Morgan fingerprint density at radius 2 is 2.14 bits per heavy atom. The molecular formula is C15H26N4O2. The summed E-state index contributed by atoms with van der Waals surface area (Å²) in [6.45, 7) is 7.27. The van der Waals surface area contributed by atoms with Crippen LogP contribution in [0.1, 0.15) is 57.7 Å². The molecule has 1 aromatic heterocycles. The molecule has 1 saturated carbocycles. The van der Waals surface area contributed by atoms with Crippen molar-refractivity contribution in [3.05, 3.63) is 11.7 Å². The van der Waals surface area contributed by atoms with E-state index in [4.69, 9.17) is 4.52 Å². The van der Waals surface area contributed by atoms with Crippen molar-refractivity contribution in [3.63, 3.8) is 0 Å². The van der Waals surface area contributed by atoms with Gasteiger partial charge in [-0.25, -0.2) is 0 Å². The van der Waals surface area contributed by atoms with Crippen LogP contribution in [0.5, 0.6) is 0 Å². The smallest absolute Gasteiger partial charge is 0.237 e. The predicted octanol–water partition coefficient (Wildman–Crippen LogP) is 1.93. The maximum Gasteiger partial charge on any atom is 0.237 e. The first-order chi connectivity index (χ1) is 9.97. The second kappa shape index (κ2) is 7.02. The second-order valence-electron chi connectivity index (χ2n) is 6.41. The predicted molar refractivity (Wildman–Crippen MR) is 79.7 cm³/mol. The van der Waals surface area contributed by atoms with Crippen LogP contribution in [0.4, 0.5) is 0 Å². The van der Waals surface area contributed by atoms with Gasteiger partial charge in [0.05, 0.1) is 12.6 Å². The first-order valence-electron chi connectivity index (χ1n) is 7.77. The lowest BCUT2D eigenvalue weighted by Crippen LogP contribution is -2.44. The van der Waals surface area contributed by atoms with Crippen LogP contribution in [0.3, 0.4) is 0 Å². The molecule has 1 heterocycles. The molecule has 0 radical (unpaired) electrons. The molecule has 6 nitrogen and oxygen atoms in total. The van der Waals surface area contributed by atoms with Crippen molar-refractivity contribution < 1.29 is 9.32 Å². The van der Waals surface area contributed by atoms with Crippen LogP contribution in [-0.4, -0.2) is 40.6 Å². The highest BCUT2D eigenvalue weighted by molar-refractivity contribution is 5.81. The Morgan fingerprint density at radius 1 is 1.43 bits per heavy atom. The molecule has 118 valence electrons. The van der Waals surface area contributed by atoms with E-state index in [-0.39, 0.29) is 11.9 Å². The summed E-state index contributed by atoms with van der Waals surface area (Å²) in [5, 5.41) is 6.96. The number of hydrogen-bond acceptors (Lipinski definition) is 5. The van der Waals surface area contributed by atoms with Crippen LogP contribution in [0.2, 0.25) is 0 Å². The van der Waals surface area contributed by atoms with Crippen LogP contribution >= 0.6 is 0 Å². The molecule has 0 aliphatic heterocycles. The zero-order valence-electron chi connectivity index (χ0n) is 13.4. The highest BCUT2D eigenvalue weighted by Gasteiger charge is 2.26. The first-order valence-corrected chi connectivity index (χ1v) is 7.77. The fourth-order valence-electron chi connectivity index (χ4n) is 2.17. The summed E-state index contributed by atoms with van der Waals surface area (Å²) in [6, 6.07) is -0.214. The van der Waals surface area contributed by atoms with E-state index in [2.05, 4.69) is 29.3 Å². The quantitative estimate of drug-likeness (QED) is 0.832. The summed E-state index contributed by atoms with van der Waals surface area (Å²) in [6.07, 6.45) is 3.53. The van der Waals surface area contributed by atoms with E-state index in [1.807, 2.05) is 18.9 Å². The maximum atomic E-state index is 12.0. The van der Waals surface area contributed by atoms with E-state index < -0.39 is 0 Å². The van der Waals surface area contributed by atoms with Gasteiger partial charge in [-0.2, -0.15) is 4.98 Å². The van der Waals surface area contributed by atoms with Gasteiger partial charge < -0.3 is 9.84 Å². The molecule has 1 aliphatic carbocycles. The number of rotatable bonds is 7. The average Bonchev–Trinajstić information content (AvgIpc) is 2.80. The largest absolute Gasteiger partial charge is 0.354 e. The van der Waals surface area contributed by atoms with E-state index in [0.717, 1.165) is 18.7 Å². The Bertz CT molecular complexity index is 468. The van der Waals surface area contributed by atoms with Crippen molar-refractivity contribution in [1.29, 1.82) is 0 Å². The maximum absolute atomic E-state index is 12.0. The normalized spacial score (nSPS) is 17.0. The molecule has 0 bridgehead atoms. The summed E-state index contributed by atoms with van der Waals surface area (Å²) in [4.78, 5) is 18.4. The van der Waals surface area contributed by atoms with E-state index in [1.165, 1.54) is 6.42 Å². The third kappa shape index (κ3) is 4.27. The van der Waals surface area contributed by atoms with Gasteiger partial charge in [-0.15, -0.1) is 0 Å². The fourth-order valence-corrected chi connectivity index (χ4v) is 2.17. The molecule has 1 N–H and O–H groups in total. The monoisotopic (exact) mass is 294 g/mol. The minimum absolute atomic E-state index is 0.0360. The SMILES string of the molecule is CC(C)CNC(=O)C(C)N(C)Cc1noc(C2CCC2)n1. The van der Waals surface area contributed by atoms with Gasteiger partial charge in [0.15, 0.2) is 5.82 Å². The average molecular weight is 294 g/mol. The van der Waals surface area contributed by atoms with Crippen LogP contribution in [-0.2, 0) is 11.3 Å². The lowest BCUT2D eigenvalue weighted by molar-refractivity contribution is -0.125. The highest BCUT2D eigenvalue weighted by atomic mass is 16.5. The van der Waals surface area contributed by atoms with Gasteiger partial charge in [0.2, 0.25) is 11.8 Å². The lowest BCUT2D eigenvalue weighted by atomic mass is 9.85. The van der Waals surface area contributed by atoms with Crippen LogP contribution < -0.4 is 5.32 Å². The Balaban J connectivity index is 1.83. The van der Waals surface area contributed by atoms with Crippen LogP contribution in [0.25, 0.3) is 0 Å². The number of hydrogen-bond donors (Lipinski definition) is 1. The van der Waals surface area contributed by atoms with Crippen molar-refractivity contribution in [2.24, 2.45) is 5.92 Å². The fraction of sp³-hybridized carbons (Fsp3) is 0.800. The van der Waals surface area contributed by atoms with Gasteiger partial charge in [0.25, 0.3) is 0 Å². The summed E-state index contributed by atoms with van der Waals surface area (Å²) in [7, 11) is 1.90. The standard InChI is InChI=1S/C15H26N4O2/c1-10(2)8-16-14(20)11(3)19(4)9-13-17-15(21-18-13)12-6-5-7-12/h10-12H,5-9H2,1-4H3,(H,16,20). The topological polar surface area (TPSA) is 71.3 Å². The summed E-state index contributed by atoms with van der Waals surface area (Å²) in [5.74, 6) is 2.34. The highest BCUT2D eigenvalue weighted by Crippen LogP contribution is 2.35. The third-order valence-electron chi connectivity index (χ3n) is 4.05. The molecule has 1 aliphatic rings. The number of nitrogens with zero attached hydrogens (tertiary/aromatic N) is 3. The number of carbonyl (C=O) groups excluding carboxylic acids is 1. The van der Waals surface area contributed by atoms with E-state index in [1.54, 1.807) is 0 Å². The zero-order valence-corrected chi connectivity index (χ0v) is 13.4. The number of nitrogens with one attached hydrogen (secondary N) is 1. The zero-order chi connectivity index (χ0) is 15.4. The molecule has 6 heteroatoms. The van der Waals surface area contributed by atoms with Gasteiger partial charge in [-0.3, -0.25) is 9.69 Å². The number of carbonyl (C=O) groups is 1. The third-order valence-corrected chi connectivity index (χ3v) is 4.05. The molecule has 1 atom stereocenters. The van der Waals surface area contributed by atoms with Gasteiger partial charge in [-0.05, 0) is 32.7 Å². The van der Waals surface area contributed by atoms with Gasteiger partial charge in [0.1, 0.15) is 0 Å².